The predicted molar refractivity (Wildman–Crippen MR) is 83.0 cm³/mol. The Morgan fingerprint density at radius 2 is 2.00 bits per heavy atom. The van der Waals surface area contributed by atoms with Crippen LogP contribution in [0.5, 0.6) is 0 Å². The molecule has 1 aliphatic rings. The number of fused-ring (bicyclic) bond motifs is 1. The highest BCUT2D eigenvalue weighted by Crippen LogP contribution is 2.23. The lowest BCUT2D eigenvalue weighted by molar-refractivity contribution is 0.0741. The molecule has 0 atom stereocenters. The highest BCUT2D eigenvalue weighted by atomic mass is 16.2. The zero-order chi connectivity index (χ0) is 15.8. The summed E-state index contributed by atoms with van der Waals surface area (Å²) >= 11 is 0. The van der Waals surface area contributed by atoms with Gasteiger partial charge in [-0.25, -0.2) is 15.0 Å². The Balaban J connectivity index is 1.52. The van der Waals surface area contributed by atoms with Crippen LogP contribution in [0.3, 0.4) is 0 Å². The summed E-state index contributed by atoms with van der Waals surface area (Å²) in [6, 6.07) is 0. The fourth-order valence-electron chi connectivity index (χ4n) is 2.87. The van der Waals surface area contributed by atoms with Crippen molar-refractivity contribution in [3.63, 3.8) is 0 Å². The number of H-pyrrole nitrogens is 1. The van der Waals surface area contributed by atoms with Crippen LogP contribution < -0.4 is 4.90 Å². The molecule has 118 valence electrons. The smallest absolute Gasteiger partial charge is 0.272 e. The van der Waals surface area contributed by atoms with Crippen molar-refractivity contribution in [1.82, 2.24) is 34.6 Å². The standard InChI is InChI=1S/C14H16N8O/c1-20-12-10(6-19-20)13(18-9-17-12)21-2-4-22(5-3-21)14(23)11-7-15-8-16-11/h6-9H,2-5H2,1H3,(H,15,16). The van der Waals surface area contributed by atoms with Crippen LogP contribution in [0, 0.1) is 0 Å². The first-order valence-electron chi connectivity index (χ1n) is 7.39. The third kappa shape index (κ3) is 2.30. The van der Waals surface area contributed by atoms with Gasteiger partial charge in [0, 0.05) is 33.2 Å². The number of piperazine rings is 1. The summed E-state index contributed by atoms with van der Waals surface area (Å²) in [7, 11) is 1.86. The first kappa shape index (κ1) is 13.7. The summed E-state index contributed by atoms with van der Waals surface area (Å²) in [6.45, 7) is 2.73. The van der Waals surface area contributed by atoms with Crippen LogP contribution in [0.15, 0.2) is 25.0 Å². The van der Waals surface area contributed by atoms with E-state index in [0.29, 0.717) is 18.8 Å². The molecule has 3 aromatic rings. The highest BCUT2D eigenvalue weighted by molar-refractivity contribution is 5.92. The van der Waals surface area contributed by atoms with Gasteiger partial charge in [0.05, 0.1) is 24.1 Å². The molecule has 4 rings (SSSR count). The number of carbonyl (C=O) groups is 1. The molecular weight excluding hydrogens is 296 g/mol. The largest absolute Gasteiger partial charge is 0.352 e. The van der Waals surface area contributed by atoms with Gasteiger partial charge >= 0.3 is 0 Å². The van der Waals surface area contributed by atoms with E-state index in [1.807, 2.05) is 11.9 Å². The van der Waals surface area contributed by atoms with E-state index in [0.717, 1.165) is 29.9 Å². The Labute approximate surface area is 132 Å². The van der Waals surface area contributed by atoms with Crippen LogP contribution in [-0.2, 0) is 7.05 Å². The van der Waals surface area contributed by atoms with Crippen molar-refractivity contribution in [2.75, 3.05) is 31.1 Å². The summed E-state index contributed by atoms with van der Waals surface area (Å²) in [5, 5.41) is 5.17. The summed E-state index contributed by atoms with van der Waals surface area (Å²) in [5.74, 6) is 0.855. The summed E-state index contributed by atoms with van der Waals surface area (Å²) in [5.41, 5.74) is 1.33. The van der Waals surface area contributed by atoms with Gasteiger partial charge in [-0.1, -0.05) is 0 Å². The Hall–Kier alpha value is -2.97. The number of nitrogens with one attached hydrogen (secondary N) is 1. The van der Waals surface area contributed by atoms with Crippen LogP contribution in [0.1, 0.15) is 10.5 Å². The van der Waals surface area contributed by atoms with Crippen LogP contribution in [0.2, 0.25) is 0 Å². The molecule has 0 bridgehead atoms. The van der Waals surface area contributed by atoms with Gasteiger partial charge in [-0.05, 0) is 0 Å². The molecule has 1 fully saturated rings. The maximum atomic E-state index is 12.3. The third-order valence-electron chi connectivity index (χ3n) is 4.10. The number of anilines is 1. The second kappa shape index (κ2) is 5.34. The second-order valence-corrected chi connectivity index (χ2v) is 5.45. The Bertz CT molecular complexity index is 832. The zero-order valence-corrected chi connectivity index (χ0v) is 12.7. The molecule has 1 saturated heterocycles. The molecule has 0 saturated carbocycles. The van der Waals surface area contributed by atoms with Crippen molar-refractivity contribution in [2.24, 2.45) is 7.05 Å². The number of hydrogen-bond donors (Lipinski definition) is 1. The predicted octanol–water partition coefficient (Wildman–Crippen LogP) is 0.0488. The number of rotatable bonds is 2. The highest BCUT2D eigenvalue weighted by Gasteiger charge is 2.25. The van der Waals surface area contributed by atoms with Crippen molar-refractivity contribution in [3.05, 3.63) is 30.7 Å². The lowest BCUT2D eigenvalue weighted by atomic mass is 10.2. The average molecular weight is 312 g/mol. The molecule has 1 amide bonds. The number of nitrogens with zero attached hydrogens (tertiary/aromatic N) is 7. The van der Waals surface area contributed by atoms with Crippen LogP contribution >= 0.6 is 0 Å². The van der Waals surface area contributed by atoms with Gasteiger partial charge in [0.25, 0.3) is 5.91 Å². The van der Waals surface area contributed by atoms with E-state index in [-0.39, 0.29) is 5.91 Å². The number of aromatic nitrogens is 6. The summed E-state index contributed by atoms with van der Waals surface area (Å²) < 4.78 is 1.73. The molecular formula is C14H16N8O. The lowest BCUT2D eigenvalue weighted by Gasteiger charge is -2.35. The Morgan fingerprint density at radius 1 is 1.17 bits per heavy atom. The lowest BCUT2D eigenvalue weighted by Crippen LogP contribution is -2.49. The zero-order valence-electron chi connectivity index (χ0n) is 12.7. The van der Waals surface area contributed by atoms with Crippen LogP contribution in [0.4, 0.5) is 5.82 Å². The number of aryl methyl sites for hydroxylation is 1. The minimum atomic E-state index is -0.0173. The topological polar surface area (TPSA) is 95.8 Å². The van der Waals surface area contributed by atoms with E-state index in [4.69, 9.17) is 0 Å². The van der Waals surface area contributed by atoms with E-state index >= 15 is 0 Å². The number of imidazole rings is 1. The molecule has 0 aromatic carbocycles. The maximum Gasteiger partial charge on any atom is 0.272 e. The fourth-order valence-corrected chi connectivity index (χ4v) is 2.87. The molecule has 0 aliphatic carbocycles. The molecule has 1 N–H and O–H groups in total. The van der Waals surface area contributed by atoms with E-state index in [2.05, 4.69) is 29.9 Å². The first-order valence-corrected chi connectivity index (χ1v) is 7.39. The van der Waals surface area contributed by atoms with E-state index in [9.17, 15) is 4.79 Å². The van der Waals surface area contributed by atoms with Gasteiger partial charge < -0.3 is 14.8 Å². The SMILES string of the molecule is Cn1ncc2c(N3CCN(C(=O)c4cnc[nH]4)CC3)ncnc21. The van der Waals surface area contributed by atoms with Gasteiger partial charge in [0.2, 0.25) is 0 Å². The van der Waals surface area contributed by atoms with Crippen LogP contribution in [-0.4, -0.2) is 66.7 Å². The summed E-state index contributed by atoms with van der Waals surface area (Å²) in [4.78, 5) is 31.7. The van der Waals surface area contributed by atoms with Crippen molar-refractivity contribution >= 4 is 22.8 Å². The number of hydrogen-bond acceptors (Lipinski definition) is 6. The monoisotopic (exact) mass is 312 g/mol. The van der Waals surface area contributed by atoms with E-state index in [1.165, 1.54) is 6.33 Å². The molecule has 9 nitrogen and oxygen atoms in total. The van der Waals surface area contributed by atoms with Crippen molar-refractivity contribution in [2.45, 2.75) is 0 Å². The average Bonchev–Trinajstić information content (AvgIpc) is 3.25. The minimum absolute atomic E-state index is 0.0173. The normalized spacial score (nSPS) is 15.3. The maximum absolute atomic E-state index is 12.3. The molecule has 9 heteroatoms. The minimum Gasteiger partial charge on any atom is -0.352 e. The first-order chi connectivity index (χ1) is 11.2. The van der Waals surface area contributed by atoms with Gasteiger partial charge in [0.15, 0.2) is 5.65 Å². The Kier molecular flexibility index (Phi) is 3.18. The van der Waals surface area contributed by atoms with Gasteiger partial charge in [-0.3, -0.25) is 9.48 Å². The second-order valence-electron chi connectivity index (χ2n) is 5.45. The fraction of sp³-hybridized carbons (Fsp3) is 0.357. The van der Waals surface area contributed by atoms with Crippen LogP contribution in [0.25, 0.3) is 11.0 Å². The van der Waals surface area contributed by atoms with Gasteiger partial charge in [-0.15, -0.1) is 0 Å². The molecule has 0 spiro atoms. The Morgan fingerprint density at radius 3 is 2.74 bits per heavy atom. The molecule has 0 radical (unpaired) electrons. The van der Waals surface area contributed by atoms with Crippen molar-refractivity contribution in [1.29, 1.82) is 0 Å². The molecule has 1 aliphatic heterocycles. The quantitative estimate of drug-likeness (QED) is 0.718. The number of amides is 1. The molecule has 3 aromatic heterocycles. The molecule has 4 heterocycles. The molecule has 23 heavy (non-hydrogen) atoms. The van der Waals surface area contributed by atoms with Crippen molar-refractivity contribution in [3.8, 4) is 0 Å². The van der Waals surface area contributed by atoms with Gasteiger partial charge in [0.1, 0.15) is 17.8 Å². The van der Waals surface area contributed by atoms with Crippen molar-refractivity contribution < 1.29 is 4.79 Å². The summed E-state index contributed by atoms with van der Waals surface area (Å²) in [6.07, 6.45) is 6.41. The van der Waals surface area contributed by atoms with E-state index < -0.39 is 0 Å². The number of carbonyl (C=O) groups excluding carboxylic acids is 1. The van der Waals surface area contributed by atoms with Gasteiger partial charge in [-0.2, -0.15) is 5.10 Å². The third-order valence-corrected chi connectivity index (χ3v) is 4.10. The number of aromatic amines is 1. The molecule has 0 unspecified atom stereocenters. The van der Waals surface area contributed by atoms with E-state index in [1.54, 1.807) is 23.4 Å².